The highest BCUT2D eigenvalue weighted by Gasteiger charge is 2.38. The van der Waals surface area contributed by atoms with E-state index < -0.39 is 11.9 Å². The number of ketones is 1. The van der Waals surface area contributed by atoms with Gasteiger partial charge in [-0.05, 0) is 12.8 Å². The zero-order valence-electron chi connectivity index (χ0n) is 8.05. The second-order valence-electron chi connectivity index (χ2n) is 3.68. The van der Waals surface area contributed by atoms with E-state index in [9.17, 15) is 9.59 Å². The van der Waals surface area contributed by atoms with Gasteiger partial charge in [0.2, 0.25) is 0 Å². The first kappa shape index (κ1) is 10.3. The molecule has 1 aromatic heterocycles. The van der Waals surface area contributed by atoms with Gasteiger partial charge in [-0.15, -0.1) is 11.3 Å². The van der Waals surface area contributed by atoms with Gasteiger partial charge in [0.05, 0.1) is 5.92 Å². The number of hydrogen-bond acceptors (Lipinski definition) is 4. The van der Waals surface area contributed by atoms with Crippen molar-refractivity contribution < 1.29 is 14.7 Å². The summed E-state index contributed by atoms with van der Waals surface area (Å²) in [7, 11) is 0. The fourth-order valence-electron chi connectivity index (χ4n) is 2.07. The van der Waals surface area contributed by atoms with Crippen molar-refractivity contribution in [1.82, 2.24) is 4.98 Å². The minimum Gasteiger partial charge on any atom is -0.481 e. The number of carboxylic acid groups (broad SMARTS) is 1. The third-order valence-corrected chi connectivity index (χ3v) is 3.60. The summed E-state index contributed by atoms with van der Waals surface area (Å²) in [5.74, 6) is -1.84. The van der Waals surface area contributed by atoms with Crippen LogP contribution in [0.15, 0.2) is 11.6 Å². The average Bonchev–Trinajstić information content (AvgIpc) is 2.88. The number of Topliss-reactive ketones (excluding diaryl/α,β-unsaturated/α-hetero) is 1. The maximum absolute atomic E-state index is 11.9. The largest absolute Gasteiger partial charge is 0.481 e. The molecule has 1 heterocycles. The Labute approximate surface area is 91.0 Å². The molecule has 0 spiro atoms. The molecule has 1 saturated carbocycles. The summed E-state index contributed by atoms with van der Waals surface area (Å²) in [6.07, 6.45) is 3.67. The summed E-state index contributed by atoms with van der Waals surface area (Å²) in [6, 6.07) is 0. The highest BCUT2D eigenvalue weighted by molar-refractivity contribution is 7.11. The maximum atomic E-state index is 11.9. The van der Waals surface area contributed by atoms with Crippen molar-refractivity contribution >= 4 is 23.1 Å². The van der Waals surface area contributed by atoms with E-state index in [1.165, 1.54) is 11.3 Å². The Morgan fingerprint density at radius 2 is 2.13 bits per heavy atom. The Bertz CT molecular complexity index is 374. The molecule has 1 N–H and O–H groups in total. The first-order valence-electron chi connectivity index (χ1n) is 4.86. The standard InChI is InChI=1S/C10H11NO3S/c12-8(9-11-4-5-15-9)6-2-1-3-7(6)10(13)14/h4-7H,1-3H2,(H,13,14)/t6-,7-/m1/s1. The quantitative estimate of drug-likeness (QED) is 0.797. The van der Waals surface area contributed by atoms with Crippen molar-refractivity contribution in [3.8, 4) is 0 Å². The van der Waals surface area contributed by atoms with Crippen LogP contribution >= 0.6 is 11.3 Å². The first-order valence-corrected chi connectivity index (χ1v) is 5.74. The number of nitrogens with zero attached hydrogens (tertiary/aromatic N) is 1. The first-order chi connectivity index (χ1) is 7.20. The number of hydrogen-bond donors (Lipinski definition) is 1. The van der Waals surface area contributed by atoms with Gasteiger partial charge in [0.15, 0.2) is 10.8 Å². The number of carbonyl (C=O) groups excluding carboxylic acids is 1. The molecule has 2 atom stereocenters. The third kappa shape index (κ3) is 1.92. The Morgan fingerprint density at radius 3 is 2.73 bits per heavy atom. The number of aromatic nitrogens is 1. The fraction of sp³-hybridized carbons (Fsp3) is 0.500. The van der Waals surface area contributed by atoms with Crippen molar-refractivity contribution in [2.24, 2.45) is 11.8 Å². The number of rotatable bonds is 3. The molecule has 15 heavy (non-hydrogen) atoms. The molecule has 0 unspecified atom stereocenters. The van der Waals surface area contributed by atoms with Gasteiger partial charge in [0.25, 0.3) is 0 Å². The SMILES string of the molecule is O=C(O)[C@@H]1CCC[C@H]1C(=O)c1nccs1. The van der Waals surface area contributed by atoms with Crippen molar-refractivity contribution in [3.05, 3.63) is 16.6 Å². The molecular formula is C10H11NO3S. The van der Waals surface area contributed by atoms with Crippen LogP contribution in [0, 0.1) is 11.8 Å². The monoisotopic (exact) mass is 225 g/mol. The minimum absolute atomic E-state index is 0.102. The Kier molecular flexibility index (Phi) is 2.81. The molecular weight excluding hydrogens is 214 g/mol. The smallest absolute Gasteiger partial charge is 0.307 e. The normalized spacial score (nSPS) is 25.3. The zero-order chi connectivity index (χ0) is 10.8. The highest BCUT2D eigenvalue weighted by Crippen LogP contribution is 2.34. The van der Waals surface area contributed by atoms with Crippen LogP contribution in [0.2, 0.25) is 0 Å². The summed E-state index contributed by atoms with van der Waals surface area (Å²) in [6.45, 7) is 0. The lowest BCUT2D eigenvalue weighted by Gasteiger charge is -2.12. The van der Waals surface area contributed by atoms with Crippen molar-refractivity contribution in [1.29, 1.82) is 0 Å². The van der Waals surface area contributed by atoms with Crippen LogP contribution in [-0.4, -0.2) is 21.8 Å². The van der Waals surface area contributed by atoms with Crippen molar-refractivity contribution in [3.63, 3.8) is 0 Å². The van der Waals surface area contributed by atoms with Crippen molar-refractivity contribution in [2.75, 3.05) is 0 Å². The van der Waals surface area contributed by atoms with Crippen LogP contribution in [-0.2, 0) is 4.79 Å². The van der Waals surface area contributed by atoms with E-state index in [4.69, 9.17) is 5.11 Å². The third-order valence-electron chi connectivity index (χ3n) is 2.81. The van der Waals surface area contributed by atoms with E-state index in [0.717, 1.165) is 6.42 Å². The lowest BCUT2D eigenvalue weighted by Crippen LogP contribution is -2.25. The van der Waals surface area contributed by atoms with Crippen LogP contribution < -0.4 is 0 Å². The second kappa shape index (κ2) is 4.10. The van der Waals surface area contributed by atoms with Crippen LogP contribution in [0.5, 0.6) is 0 Å². The van der Waals surface area contributed by atoms with Crippen LogP contribution in [0.4, 0.5) is 0 Å². The average molecular weight is 225 g/mol. The van der Waals surface area contributed by atoms with Crippen LogP contribution in [0.25, 0.3) is 0 Å². The molecule has 1 aliphatic carbocycles. The minimum atomic E-state index is -0.859. The molecule has 0 aliphatic heterocycles. The second-order valence-corrected chi connectivity index (χ2v) is 4.58. The predicted octanol–water partition coefficient (Wildman–Crippen LogP) is 1.83. The van der Waals surface area contributed by atoms with E-state index in [2.05, 4.69) is 4.98 Å². The molecule has 5 heteroatoms. The molecule has 0 radical (unpaired) electrons. The molecule has 2 rings (SSSR count). The predicted molar refractivity (Wildman–Crippen MR) is 54.9 cm³/mol. The number of carbonyl (C=O) groups is 2. The van der Waals surface area contributed by atoms with E-state index in [-0.39, 0.29) is 11.7 Å². The van der Waals surface area contributed by atoms with Gasteiger partial charge >= 0.3 is 5.97 Å². The Balaban J connectivity index is 2.17. The molecule has 0 saturated heterocycles. The molecule has 4 nitrogen and oxygen atoms in total. The van der Waals surface area contributed by atoms with Gasteiger partial charge in [-0.3, -0.25) is 9.59 Å². The van der Waals surface area contributed by atoms with E-state index in [1.54, 1.807) is 11.6 Å². The van der Waals surface area contributed by atoms with E-state index in [1.807, 2.05) is 0 Å². The highest BCUT2D eigenvalue weighted by atomic mass is 32.1. The van der Waals surface area contributed by atoms with Crippen LogP contribution in [0.3, 0.4) is 0 Å². The number of thiazole rings is 1. The summed E-state index contributed by atoms with van der Waals surface area (Å²) in [4.78, 5) is 26.8. The van der Waals surface area contributed by atoms with Gasteiger partial charge in [-0.1, -0.05) is 6.42 Å². The summed E-state index contributed by atoms with van der Waals surface area (Å²) in [5, 5.41) is 11.1. The molecule has 80 valence electrons. The zero-order valence-corrected chi connectivity index (χ0v) is 8.87. The molecule has 0 bridgehead atoms. The molecule has 0 amide bonds. The Hall–Kier alpha value is -1.23. The maximum Gasteiger partial charge on any atom is 0.307 e. The van der Waals surface area contributed by atoms with Gasteiger partial charge in [-0.25, -0.2) is 4.98 Å². The molecule has 1 aliphatic rings. The van der Waals surface area contributed by atoms with Gasteiger partial charge < -0.3 is 5.11 Å². The summed E-state index contributed by atoms with van der Waals surface area (Å²) in [5.41, 5.74) is 0. The fourth-order valence-corrected chi connectivity index (χ4v) is 2.71. The van der Waals surface area contributed by atoms with Gasteiger partial charge in [0.1, 0.15) is 0 Å². The Morgan fingerprint density at radius 1 is 1.40 bits per heavy atom. The topological polar surface area (TPSA) is 67.3 Å². The van der Waals surface area contributed by atoms with E-state index in [0.29, 0.717) is 17.8 Å². The van der Waals surface area contributed by atoms with Crippen molar-refractivity contribution in [2.45, 2.75) is 19.3 Å². The lowest BCUT2D eigenvalue weighted by atomic mass is 9.92. The summed E-state index contributed by atoms with van der Waals surface area (Å²) < 4.78 is 0. The van der Waals surface area contributed by atoms with Gasteiger partial charge in [-0.2, -0.15) is 0 Å². The van der Waals surface area contributed by atoms with Crippen LogP contribution in [0.1, 0.15) is 29.1 Å². The molecule has 0 aromatic carbocycles. The molecule has 1 fully saturated rings. The van der Waals surface area contributed by atoms with Gasteiger partial charge in [0, 0.05) is 17.5 Å². The number of aliphatic carboxylic acids is 1. The molecule has 1 aromatic rings. The lowest BCUT2D eigenvalue weighted by molar-refractivity contribution is -0.142. The summed E-state index contributed by atoms with van der Waals surface area (Å²) >= 11 is 1.28. The van der Waals surface area contributed by atoms with E-state index >= 15 is 0 Å². The number of carboxylic acids is 1.